The fraction of sp³-hybridized carbons (Fsp3) is 0.292. The zero-order valence-electron chi connectivity index (χ0n) is 16.5. The van der Waals surface area contributed by atoms with Crippen LogP contribution in [-0.2, 0) is 0 Å². The molecule has 1 aromatic carbocycles. The molecule has 2 unspecified atom stereocenters. The van der Waals surface area contributed by atoms with Crippen LogP contribution >= 0.6 is 23.2 Å². The van der Waals surface area contributed by atoms with Crippen LogP contribution in [0.3, 0.4) is 0 Å². The summed E-state index contributed by atoms with van der Waals surface area (Å²) < 4.78 is 0. The van der Waals surface area contributed by atoms with Crippen molar-refractivity contribution < 1.29 is 0 Å². The Bertz CT molecular complexity index is 1040. The molecule has 0 saturated carbocycles. The van der Waals surface area contributed by atoms with Crippen molar-refractivity contribution in [2.45, 2.75) is 39.8 Å². The van der Waals surface area contributed by atoms with Crippen LogP contribution in [-0.4, -0.2) is 13.6 Å². The third kappa shape index (κ3) is 2.92. The van der Waals surface area contributed by atoms with Gasteiger partial charge in [0.15, 0.2) is 0 Å². The largest absolute Gasteiger partial charge is 0.0828 e. The van der Waals surface area contributed by atoms with E-state index in [1.54, 1.807) is 0 Å². The Kier molecular flexibility index (Phi) is 4.82. The molecule has 0 amide bonds. The molecular weight excluding hydrogens is 387 g/mol. The van der Waals surface area contributed by atoms with Gasteiger partial charge in [0.05, 0.1) is 10.1 Å². The van der Waals surface area contributed by atoms with Crippen LogP contribution in [0.4, 0.5) is 0 Å². The van der Waals surface area contributed by atoms with Crippen molar-refractivity contribution in [1.29, 1.82) is 0 Å². The summed E-state index contributed by atoms with van der Waals surface area (Å²) in [6, 6.07) is 8.76. The molecule has 0 heterocycles. The van der Waals surface area contributed by atoms with Gasteiger partial charge in [-0.15, -0.1) is 0 Å². The van der Waals surface area contributed by atoms with E-state index in [1.165, 1.54) is 44.2 Å². The van der Waals surface area contributed by atoms with E-state index in [4.69, 9.17) is 23.2 Å². The summed E-state index contributed by atoms with van der Waals surface area (Å²) in [4.78, 5) is 0. The normalized spacial score (nSPS) is 24.4. The number of benzene rings is 1. The van der Waals surface area contributed by atoms with Gasteiger partial charge in [-0.05, 0) is 58.5 Å². The first-order valence-electron chi connectivity index (χ1n) is 9.46. The van der Waals surface area contributed by atoms with Crippen molar-refractivity contribution in [2.24, 2.45) is 5.92 Å². The fourth-order valence-electron chi connectivity index (χ4n) is 4.92. The van der Waals surface area contributed by atoms with Gasteiger partial charge in [0.1, 0.15) is 0 Å². The highest BCUT2D eigenvalue weighted by molar-refractivity contribution is 6.77. The summed E-state index contributed by atoms with van der Waals surface area (Å²) in [5.74, 6) is 0.607. The minimum Gasteiger partial charge on any atom is -0.0828 e. The summed E-state index contributed by atoms with van der Waals surface area (Å²) in [7, 11) is -0.725. The maximum atomic E-state index is 6.73. The highest BCUT2D eigenvalue weighted by atomic mass is 35.5. The third-order valence-electron chi connectivity index (χ3n) is 5.97. The molecule has 2 atom stereocenters. The van der Waals surface area contributed by atoms with Gasteiger partial charge < -0.3 is 0 Å². The zero-order valence-corrected chi connectivity index (χ0v) is 19.0. The fourth-order valence-corrected chi connectivity index (χ4v) is 7.59. The van der Waals surface area contributed by atoms with Crippen LogP contribution in [0.2, 0.25) is 13.1 Å². The molecule has 1 aromatic rings. The highest BCUT2D eigenvalue weighted by Gasteiger charge is 2.36. The highest BCUT2D eigenvalue weighted by Crippen LogP contribution is 2.51. The lowest BCUT2D eigenvalue weighted by Crippen LogP contribution is -2.22. The molecule has 0 N–H and O–H groups in total. The van der Waals surface area contributed by atoms with E-state index in [2.05, 4.69) is 76.4 Å². The van der Waals surface area contributed by atoms with Gasteiger partial charge in [-0.2, -0.15) is 0 Å². The van der Waals surface area contributed by atoms with Crippen LogP contribution in [0.15, 0.2) is 74.3 Å². The monoisotopic (exact) mass is 410 g/mol. The molecule has 27 heavy (non-hydrogen) atoms. The number of halogens is 2. The van der Waals surface area contributed by atoms with Gasteiger partial charge in [-0.3, -0.25) is 0 Å². The van der Waals surface area contributed by atoms with Crippen LogP contribution < -0.4 is 0 Å². The van der Waals surface area contributed by atoms with Crippen LogP contribution in [0, 0.1) is 5.92 Å². The second-order valence-corrected chi connectivity index (χ2v) is 11.3. The summed E-state index contributed by atoms with van der Waals surface area (Å²) in [6.45, 7) is 11.4. The molecule has 0 nitrogen and oxygen atoms in total. The predicted octanol–water partition coefficient (Wildman–Crippen LogP) is 7.22. The molecule has 0 spiro atoms. The lowest BCUT2D eigenvalue weighted by Gasteiger charge is -2.25. The number of allylic oxidation sites excluding steroid dienone is 9. The van der Waals surface area contributed by atoms with Crippen molar-refractivity contribution in [1.82, 2.24) is 0 Å². The van der Waals surface area contributed by atoms with Gasteiger partial charge in [0.2, 0.25) is 0 Å². The standard InChI is InChI=1S/C24H24Cl2Si/c1-13-10-16-8-6-7-9-18(16)20(13)21-14(2)11-17-12-19(25)23(26)24(27(4)5)15(3)22(17)21/h6-12,15,20H,1-5H3. The average Bonchev–Trinajstić information content (AvgIpc) is 3.06. The number of rotatable bonds is 1. The molecule has 3 aliphatic carbocycles. The third-order valence-corrected chi connectivity index (χ3v) is 8.69. The summed E-state index contributed by atoms with van der Waals surface area (Å²) >= 11 is 13.3. The van der Waals surface area contributed by atoms with Crippen molar-refractivity contribution in [3.63, 3.8) is 0 Å². The molecule has 4 rings (SSSR count). The van der Waals surface area contributed by atoms with E-state index in [9.17, 15) is 0 Å². The molecule has 0 aliphatic heterocycles. The topological polar surface area (TPSA) is 0 Å². The second-order valence-electron chi connectivity index (χ2n) is 8.00. The molecule has 0 aromatic heterocycles. The molecule has 0 radical (unpaired) electrons. The van der Waals surface area contributed by atoms with Crippen LogP contribution in [0.5, 0.6) is 0 Å². The quantitative estimate of drug-likeness (QED) is 0.428. The first-order chi connectivity index (χ1) is 12.8. The van der Waals surface area contributed by atoms with E-state index in [0.29, 0.717) is 11.0 Å². The van der Waals surface area contributed by atoms with Crippen molar-refractivity contribution >= 4 is 42.9 Å². The molecule has 0 fully saturated rings. The summed E-state index contributed by atoms with van der Waals surface area (Å²) in [5.41, 5.74) is 9.60. The van der Waals surface area contributed by atoms with E-state index in [-0.39, 0.29) is 5.92 Å². The number of hydrogen-bond donors (Lipinski definition) is 0. The minimum absolute atomic E-state index is 0.285. The molecule has 3 aliphatic rings. The van der Waals surface area contributed by atoms with Gasteiger partial charge in [0, 0.05) is 20.2 Å². The lowest BCUT2D eigenvalue weighted by atomic mass is 9.80. The number of hydrogen-bond acceptors (Lipinski definition) is 0. The van der Waals surface area contributed by atoms with Gasteiger partial charge >= 0.3 is 0 Å². The Morgan fingerprint density at radius 2 is 1.63 bits per heavy atom. The smallest absolute Gasteiger partial charge is 0.0597 e. The number of fused-ring (bicyclic) bond motifs is 2. The lowest BCUT2D eigenvalue weighted by molar-refractivity contribution is 0.881. The summed E-state index contributed by atoms with van der Waals surface area (Å²) in [6.07, 6.45) is 6.70. The Labute approximate surface area is 173 Å². The first kappa shape index (κ1) is 18.9. The Hall–Kier alpha value is -1.41. The van der Waals surface area contributed by atoms with Crippen molar-refractivity contribution in [3.8, 4) is 0 Å². The molecular formula is C24H24Cl2Si. The average molecular weight is 411 g/mol. The van der Waals surface area contributed by atoms with Gasteiger partial charge in [-0.1, -0.05) is 85.2 Å². The minimum atomic E-state index is -0.725. The SMILES string of the molecule is CC1=CC2=CC(Cl)=C(Cl)C(=[Si](C)C)C(C)C2=C1C1C(C)=Cc2ccccc21. The van der Waals surface area contributed by atoms with Crippen LogP contribution in [0.25, 0.3) is 6.08 Å². The van der Waals surface area contributed by atoms with E-state index in [1.807, 2.05) is 0 Å². The van der Waals surface area contributed by atoms with E-state index >= 15 is 0 Å². The molecule has 0 saturated heterocycles. The molecule has 138 valence electrons. The maximum Gasteiger partial charge on any atom is 0.0597 e. The predicted molar refractivity (Wildman–Crippen MR) is 122 cm³/mol. The van der Waals surface area contributed by atoms with Gasteiger partial charge in [-0.25, -0.2) is 0 Å². The second kappa shape index (κ2) is 6.88. The summed E-state index contributed by atoms with van der Waals surface area (Å²) in [5, 5.41) is 2.78. The van der Waals surface area contributed by atoms with Crippen molar-refractivity contribution in [2.75, 3.05) is 0 Å². The first-order valence-corrected chi connectivity index (χ1v) is 12.7. The van der Waals surface area contributed by atoms with Gasteiger partial charge in [0.25, 0.3) is 0 Å². The molecule has 0 bridgehead atoms. The zero-order chi connectivity index (χ0) is 19.5. The molecule has 3 heteroatoms. The van der Waals surface area contributed by atoms with E-state index in [0.717, 1.165) is 5.03 Å². The van der Waals surface area contributed by atoms with Crippen molar-refractivity contribution in [3.05, 3.63) is 85.5 Å². The Morgan fingerprint density at radius 3 is 2.33 bits per heavy atom. The Balaban J connectivity index is 1.99. The van der Waals surface area contributed by atoms with Crippen LogP contribution in [0.1, 0.15) is 37.8 Å². The Morgan fingerprint density at radius 1 is 0.926 bits per heavy atom. The maximum absolute atomic E-state index is 6.73. The van der Waals surface area contributed by atoms with E-state index < -0.39 is 8.41 Å².